The van der Waals surface area contributed by atoms with Crippen LogP contribution in [0.4, 0.5) is 0 Å². The van der Waals surface area contributed by atoms with E-state index in [0.717, 1.165) is 24.2 Å². The standard InChI is InChI=1S/C21H22N2O3/c24-20(13-17-15-26-21(22-17)16-7-2-1-3-8-16)23(18-9-4-5-10-18)14-19-11-6-12-25-19/h1-3,6-8,11-12,15,18H,4-5,9-10,13-14H2. The molecule has 5 heteroatoms. The summed E-state index contributed by atoms with van der Waals surface area (Å²) < 4.78 is 11.0. The summed E-state index contributed by atoms with van der Waals surface area (Å²) in [5.74, 6) is 1.43. The Balaban J connectivity index is 1.48. The van der Waals surface area contributed by atoms with Crippen LogP contribution < -0.4 is 0 Å². The van der Waals surface area contributed by atoms with Gasteiger partial charge in [-0.15, -0.1) is 0 Å². The number of benzene rings is 1. The zero-order valence-corrected chi connectivity index (χ0v) is 14.6. The molecule has 1 amide bonds. The zero-order valence-electron chi connectivity index (χ0n) is 14.6. The minimum Gasteiger partial charge on any atom is -0.467 e. The lowest BCUT2D eigenvalue weighted by molar-refractivity contribution is -0.133. The molecular weight excluding hydrogens is 328 g/mol. The van der Waals surface area contributed by atoms with Crippen molar-refractivity contribution < 1.29 is 13.6 Å². The molecule has 5 nitrogen and oxygen atoms in total. The summed E-state index contributed by atoms with van der Waals surface area (Å²) in [7, 11) is 0. The summed E-state index contributed by atoms with van der Waals surface area (Å²) in [5.41, 5.74) is 1.57. The molecule has 0 N–H and O–H groups in total. The molecule has 0 radical (unpaired) electrons. The Morgan fingerprint density at radius 2 is 1.88 bits per heavy atom. The lowest BCUT2D eigenvalue weighted by atomic mass is 10.1. The summed E-state index contributed by atoms with van der Waals surface area (Å²) >= 11 is 0. The Morgan fingerprint density at radius 1 is 1.08 bits per heavy atom. The van der Waals surface area contributed by atoms with E-state index in [9.17, 15) is 4.79 Å². The van der Waals surface area contributed by atoms with Gasteiger partial charge in [0.05, 0.1) is 24.9 Å². The van der Waals surface area contributed by atoms with Gasteiger partial charge >= 0.3 is 0 Å². The van der Waals surface area contributed by atoms with Gasteiger partial charge < -0.3 is 13.7 Å². The number of furan rings is 1. The fourth-order valence-electron chi connectivity index (χ4n) is 3.57. The van der Waals surface area contributed by atoms with Crippen LogP contribution in [-0.4, -0.2) is 21.8 Å². The molecule has 4 rings (SSSR count). The molecule has 0 aliphatic heterocycles. The van der Waals surface area contributed by atoms with Crippen molar-refractivity contribution in [2.75, 3.05) is 0 Å². The van der Waals surface area contributed by atoms with Crippen molar-refractivity contribution in [1.29, 1.82) is 0 Å². The molecular formula is C21H22N2O3. The number of hydrogen-bond acceptors (Lipinski definition) is 4. The predicted molar refractivity (Wildman–Crippen MR) is 97.2 cm³/mol. The quantitative estimate of drug-likeness (QED) is 0.659. The number of rotatable bonds is 6. The Hall–Kier alpha value is -2.82. The van der Waals surface area contributed by atoms with Crippen LogP contribution in [0.3, 0.4) is 0 Å². The van der Waals surface area contributed by atoms with E-state index >= 15 is 0 Å². The summed E-state index contributed by atoms with van der Waals surface area (Å²) in [6.07, 6.45) is 7.94. The van der Waals surface area contributed by atoms with Crippen LogP contribution >= 0.6 is 0 Å². The molecule has 0 bridgehead atoms. The van der Waals surface area contributed by atoms with E-state index in [1.807, 2.05) is 47.4 Å². The first-order valence-corrected chi connectivity index (χ1v) is 9.11. The molecule has 0 atom stereocenters. The second kappa shape index (κ2) is 7.60. The van der Waals surface area contributed by atoms with Crippen LogP contribution in [0, 0.1) is 0 Å². The molecule has 0 unspecified atom stereocenters. The van der Waals surface area contributed by atoms with Gasteiger partial charge in [0.25, 0.3) is 0 Å². The first-order valence-electron chi connectivity index (χ1n) is 9.11. The Kier molecular flexibility index (Phi) is 4.86. The molecule has 134 valence electrons. The van der Waals surface area contributed by atoms with Gasteiger partial charge in [-0.25, -0.2) is 4.98 Å². The van der Waals surface area contributed by atoms with E-state index in [1.165, 1.54) is 12.8 Å². The highest BCUT2D eigenvalue weighted by Crippen LogP contribution is 2.26. The van der Waals surface area contributed by atoms with Gasteiger partial charge in [-0.3, -0.25) is 4.79 Å². The van der Waals surface area contributed by atoms with Crippen LogP contribution in [-0.2, 0) is 17.8 Å². The number of hydrogen-bond donors (Lipinski definition) is 0. The number of oxazole rings is 1. The summed E-state index contributed by atoms with van der Waals surface area (Å²) in [6, 6.07) is 13.8. The highest BCUT2D eigenvalue weighted by molar-refractivity contribution is 5.78. The highest BCUT2D eigenvalue weighted by atomic mass is 16.3. The Morgan fingerprint density at radius 3 is 2.62 bits per heavy atom. The number of carbonyl (C=O) groups is 1. The average Bonchev–Trinajstić information content (AvgIpc) is 3.42. The first kappa shape index (κ1) is 16.6. The largest absolute Gasteiger partial charge is 0.467 e. The van der Waals surface area contributed by atoms with Crippen LogP contribution in [0.5, 0.6) is 0 Å². The van der Waals surface area contributed by atoms with E-state index < -0.39 is 0 Å². The van der Waals surface area contributed by atoms with Gasteiger partial charge in [0.2, 0.25) is 11.8 Å². The number of amides is 1. The van der Waals surface area contributed by atoms with Crippen molar-refractivity contribution in [2.45, 2.75) is 44.7 Å². The summed E-state index contributed by atoms with van der Waals surface area (Å²) in [4.78, 5) is 19.4. The molecule has 0 spiro atoms. The van der Waals surface area contributed by atoms with E-state index in [-0.39, 0.29) is 18.4 Å². The second-order valence-corrected chi connectivity index (χ2v) is 6.73. The van der Waals surface area contributed by atoms with Crippen molar-refractivity contribution in [3.8, 4) is 11.5 Å². The first-order chi connectivity index (χ1) is 12.8. The topological polar surface area (TPSA) is 59.5 Å². The second-order valence-electron chi connectivity index (χ2n) is 6.73. The third-order valence-electron chi connectivity index (χ3n) is 4.90. The minimum atomic E-state index is 0.0706. The Labute approximate surface area is 152 Å². The molecule has 2 heterocycles. The van der Waals surface area contributed by atoms with Gasteiger partial charge in [0, 0.05) is 11.6 Å². The molecule has 1 aliphatic rings. The van der Waals surface area contributed by atoms with Gasteiger partial charge in [0.1, 0.15) is 12.0 Å². The Bertz CT molecular complexity index is 833. The maximum atomic E-state index is 13.0. The predicted octanol–water partition coefficient (Wildman–Crippen LogP) is 4.45. The number of aromatic nitrogens is 1. The van der Waals surface area contributed by atoms with Crippen LogP contribution in [0.15, 0.2) is 63.8 Å². The van der Waals surface area contributed by atoms with Crippen molar-refractivity contribution in [1.82, 2.24) is 9.88 Å². The third kappa shape index (κ3) is 3.72. The van der Waals surface area contributed by atoms with Crippen LogP contribution in [0.25, 0.3) is 11.5 Å². The minimum absolute atomic E-state index is 0.0706. The average molecular weight is 350 g/mol. The third-order valence-corrected chi connectivity index (χ3v) is 4.90. The van der Waals surface area contributed by atoms with Crippen molar-refractivity contribution in [3.05, 3.63) is 66.4 Å². The van der Waals surface area contributed by atoms with Crippen molar-refractivity contribution in [3.63, 3.8) is 0 Å². The summed E-state index contributed by atoms with van der Waals surface area (Å²) in [5, 5.41) is 0. The molecule has 1 aliphatic carbocycles. The van der Waals surface area contributed by atoms with Gasteiger partial charge in [-0.2, -0.15) is 0 Å². The van der Waals surface area contributed by atoms with E-state index in [1.54, 1.807) is 12.5 Å². The molecule has 3 aromatic rings. The lowest BCUT2D eigenvalue weighted by Gasteiger charge is -2.28. The van der Waals surface area contributed by atoms with Gasteiger partial charge in [-0.1, -0.05) is 31.0 Å². The van der Waals surface area contributed by atoms with Crippen molar-refractivity contribution >= 4 is 5.91 Å². The normalized spacial score (nSPS) is 14.6. The van der Waals surface area contributed by atoms with Crippen LogP contribution in [0.2, 0.25) is 0 Å². The van der Waals surface area contributed by atoms with E-state index in [2.05, 4.69) is 4.98 Å². The molecule has 1 aromatic carbocycles. The molecule has 26 heavy (non-hydrogen) atoms. The fourth-order valence-corrected chi connectivity index (χ4v) is 3.57. The highest BCUT2D eigenvalue weighted by Gasteiger charge is 2.28. The smallest absolute Gasteiger partial charge is 0.229 e. The van der Waals surface area contributed by atoms with Gasteiger partial charge in [0.15, 0.2) is 0 Å². The monoisotopic (exact) mass is 350 g/mol. The zero-order chi connectivity index (χ0) is 17.8. The van der Waals surface area contributed by atoms with Gasteiger partial charge in [-0.05, 0) is 37.1 Å². The lowest BCUT2D eigenvalue weighted by Crippen LogP contribution is -2.39. The molecule has 1 saturated carbocycles. The molecule has 2 aromatic heterocycles. The number of nitrogens with zero attached hydrogens (tertiary/aromatic N) is 2. The SMILES string of the molecule is O=C(Cc1coc(-c2ccccc2)n1)N(Cc1ccco1)C1CCCC1. The molecule has 1 fully saturated rings. The summed E-state index contributed by atoms with van der Waals surface area (Å²) in [6.45, 7) is 0.514. The van der Waals surface area contributed by atoms with E-state index in [4.69, 9.17) is 8.83 Å². The molecule has 0 saturated heterocycles. The number of carbonyl (C=O) groups excluding carboxylic acids is 1. The van der Waals surface area contributed by atoms with Crippen molar-refractivity contribution in [2.24, 2.45) is 0 Å². The fraction of sp³-hybridized carbons (Fsp3) is 0.333. The maximum Gasteiger partial charge on any atom is 0.229 e. The maximum absolute atomic E-state index is 13.0. The van der Waals surface area contributed by atoms with Crippen LogP contribution in [0.1, 0.15) is 37.1 Å². The van der Waals surface area contributed by atoms with E-state index in [0.29, 0.717) is 18.1 Å².